The summed E-state index contributed by atoms with van der Waals surface area (Å²) in [5, 5.41) is 29.4. The summed E-state index contributed by atoms with van der Waals surface area (Å²) in [7, 11) is 0. The van der Waals surface area contributed by atoms with Crippen LogP contribution < -0.4 is 0 Å². The number of allylic oxidation sites excluding steroid dienone is 1. The van der Waals surface area contributed by atoms with Crippen molar-refractivity contribution in [3.8, 4) is 0 Å². The van der Waals surface area contributed by atoms with Crippen LogP contribution in [0.4, 0.5) is 0 Å². The first kappa shape index (κ1) is 10.7. The van der Waals surface area contributed by atoms with Crippen molar-refractivity contribution in [1.29, 1.82) is 0 Å². The first-order chi connectivity index (χ1) is 5.77. The van der Waals surface area contributed by atoms with E-state index in [1.165, 1.54) is 13.8 Å². The van der Waals surface area contributed by atoms with Gasteiger partial charge in [0.1, 0.15) is 11.7 Å². The summed E-state index contributed by atoms with van der Waals surface area (Å²) in [6.07, 6.45) is 1.76. The molecule has 0 radical (unpaired) electrons. The Morgan fingerprint density at radius 2 is 2.08 bits per heavy atom. The third kappa shape index (κ3) is 1.77. The van der Waals surface area contributed by atoms with Crippen LogP contribution in [0.2, 0.25) is 0 Å². The molecule has 0 aromatic rings. The lowest BCUT2D eigenvalue weighted by Gasteiger charge is -2.43. The molecule has 3 nitrogen and oxygen atoms in total. The predicted molar refractivity (Wildman–Crippen MR) is 50.2 cm³/mol. The van der Waals surface area contributed by atoms with Crippen molar-refractivity contribution >= 4 is 0 Å². The molecule has 13 heavy (non-hydrogen) atoms. The summed E-state index contributed by atoms with van der Waals surface area (Å²) in [6, 6.07) is 0. The van der Waals surface area contributed by atoms with Crippen molar-refractivity contribution < 1.29 is 15.3 Å². The Morgan fingerprint density at radius 1 is 1.54 bits per heavy atom. The highest BCUT2D eigenvalue weighted by molar-refractivity contribution is 5.17. The number of hydrogen-bond acceptors (Lipinski definition) is 3. The third-order valence-corrected chi connectivity index (χ3v) is 2.89. The van der Waals surface area contributed by atoms with Gasteiger partial charge in [0.05, 0.1) is 5.60 Å². The molecule has 0 spiro atoms. The lowest BCUT2D eigenvalue weighted by atomic mass is 9.73. The highest BCUT2D eigenvalue weighted by Crippen LogP contribution is 2.35. The number of rotatable bonds is 1. The minimum Gasteiger partial charge on any atom is -0.387 e. The number of aliphatic hydroxyl groups excluding tert-OH is 1. The Labute approximate surface area is 78.7 Å². The van der Waals surface area contributed by atoms with Crippen LogP contribution in [0.1, 0.15) is 33.6 Å². The maximum Gasteiger partial charge on any atom is 0.122 e. The van der Waals surface area contributed by atoms with Gasteiger partial charge < -0.3 is 15.3 Å². The van der Waals surface area contributed by atoms with E-state index in [2.05, 4.69) is 0 Å². The van der Waals surface area contributed by atoms with Crippen LogP contribution >= 0.6 is 0 Å². The molecule has 0 saturated carbocycles. The standard InChI is InChI=1S/C10H18O3/c1-7-4-5-10(13,8(11)6-7)9(2,3)12/h6,8,11-13H,4-5H2,1-3H3. The molecule has 0 saturated heterocycles. The van der Waals surface area contributed by atoms with Crippen LogP contribution in [0.3, 0.4) is 0 Å². The van der Waals surface area contributed by atoms with Crippen molar-refractivity contribution in [3.05, 3.63) is 11.6 Å². The Morgan fingerprint density at radius 3 is 2.46 bits per heavy atom. The van der Waals surface area contributed by atoms with E-state index in [0.29, 0.717) is 6.42 Å². The summed E-state index contributed by atoms with van der Waals surface area (Å²) in [5.74, 6) is 0. The van der Waals surface area contributed by atoms with Crippen LogP contribution in [-0.4, -0.2) is 32.6 Å². The van der Waals surface area contributed by atoms with Crippen molar-refractivity contribution in [1.82, 2.24) is 0 Å². The maximum atomic E-state index is 10.0. The molecule has 3 heteroatoms. The quantitative estimate of drug-likeness (QED) is 0.525. The van der Waals surface area contributed by atoms with E-state index in [1.807, 2.05) is 6.92 Å². The molecule has 0 aliphatic heterocycles. The number of aliphatic hydroxyl groups is 3. The predicted octanol–water partition coefficient (Wildman–Crippen LogP) is 0.589. The molecule has 3 N–H and O–H groups in total. The van der Waals surface area contributed by atoms with Crippen LogP contribution in [-0.2, 0) is 0 Å². The van der Waals surface area contributed by atoms with Gasteiger partial charge in [-0.1, -0.05) is 11.6 Å². The first-order valence-corrected chi connectivity index (χ1v) is 4.57. The molecule has 1 aliphatic rings. The largest absolute Gasteiger partial charge is 0.387 e. The van der Waals surface area contributed by atoms with Crippen LogP contribution in [0.15, 0.2) is 11.6 Å². The highest BCUT2D eigenvalue weighted by atomic mass is 16.4. The second kappa shape index (κ2) is 3.08. The maximum absolute atomic E-state index is 10.0. The Kier molecular flexibility index (Phi) is 2.54. The lowest BCUT2D eigenvalue weighted by molar-refractivity contribution is -0.181. The van der Waals surface area contributed by atoms with Gasteiger partial charge in [0, 0.05) is 0 Å². The molecular formula is C10H18O3. The summed E-state index contributed by atoms with van der Waals surface area (Å²) in [4.78, 5) is 0. The Hall–Kier alpha value is -0.380. The summed E-state index contributed by atoms with van der Waals surface area (Å²) >= 11 is 0. The van der Waals surface area contributed by atoms with E-state index in [0.717, 1.165) is 12.0 Å². The molecule has 2 atom stereocenters. The molecule has 0 aromatic heterocycles. The zero-order valence-corrected chi connectivity index (χ0v) is 8.41. The fraction of sp³-hybridized carbons (Fsp3) is 0.800. The van der Waals surface area contributed by atoms with Gasteiger partial charge in [0.25, 0.3) is 0 Å². The molecule has 0 aromatic carbocycles. The molecule has 0 heterocycles. The van der Waals surface area contributed by atoms with E-state index < -0.39 is 17.3 Å². The molecular weight excluding hydrogens is 168 g/mol. The molecule has 76 valence electrons. The molecule has 0 amide bonds. The summed E-state index contributed by atoms with van der Waals surface area (Å²) in [5.41, 5.74) is -1.63. The van der Waals surface area contributed by atoms with Gasteiger partial charge in [0.2, 0.25) is 0 Å². The molecule has 1 aliphatic carbocycles. The first-order valence-electron chi connectivity index (χ1n) is 4.57. The highest BCUT2D eigenvalue weighted by Gasteiger charge is 2.48. The van der Waals surface area contributed by atoms with Gasteiger partial charge in [-0.3, -0.25) is 0 Å². The van der Waals surface area contributed by atoms with E-state index in [-0.39, 0.29) is 0 Å². The Bertz CT molecular complexity index is 227. The topological polar surface area (TPSA) is 60.7 Å². The molecule has 0 bridgehead atoms. The van der Waals surface area contributed by atoms with E-state index in [9.17, 15) is 15.3 Å². The van der Waals surface area contributed by atoms with Crippen molar-refractivity contribution in [3.63, 3.8) is 0 Å². The van der Waals surface area contributed by atoms with Gasteiger partial charge in [-0.25, -0.2) is 0 Å². The minimum atomic E-state index is -1.41. The van der Waals surface area contributed by atoms with Gasteiger partial charge in [0.15, 0.2) is 0 Å². The SMILES string of the molecule is CC1=CC(O)C(O)(C(C)(C)O)CC1. The number of hydrogen-bond donors (Lipinski definition) is 3. The van der Waals surface area contributed by atoms with Gasteiger partial charge >= 0.3 is 0 Å². The van der Waals surface area contributed by atoms with Gasteiger partial charge in [-0.2, -0.15) is 0 Å². The third-order valence-electron chi connectivity index (χ3n) is 2.89. The van der Waals surface area contributed by atoms with Crippen molar-refractivity contribution in [2.45, 2.75) is 50.9 Å². The zero-order valence-electron chi connectivity index (χ0n) is 8.41. The monoisotopic (exact) mass is 186 g/mol. The lowest BCUT2D eigenvalue weighted by Crippen LogP contribution is -2.58. The van der Waals surface area contributed by atoms with Gasteiger partial charge in [-0.15, -0.1) is 0 Å². The second-order valence-electron chi connectivity index (χ2n) is 4.44. The molecule has 0 fully saturated rings. The van der Waals surface area contributed by atoms with Crippen molar-refractivity contribution in [2.24, 2.45) is 0 Å². The molecule has 1 rings (SSSR count). The average molecular weight is 186 g/mol. The summed E-state index contributed by atoms with van der Waals surface area (Å²) < 4.78 is 0. The minimum absolute atomic E-state index is 0.403. The van der Waals surface area contributed by atoms with Crippen LogP contribution in [0.25, 0.3) is 0 Å². The zero-order chi connectivity index (χ0) is 10.3. The fourth-order valence-corrected chi connectivity index (χ4v) is 1.69. The molecule has 2 unspecified atom stereocenters. The van der Waals surface area contributed by atoms with Crippen LogP contribution in [0.5, 0.6) is 0 Å². The summed E-state index contributed by atoms with van der Waals surface area (Å²) in [6.45, 7) is 4.95. The smallest absolute Gasteiger partial charge is 0.122 e. The van der Waals surface area contributed by atoms with E-state index in [4.69, 9.17) is 0 Å². The van der Waals surface area contributed by atoms with Crippen molar-refractivity contribution in [2.75, 3.05) is 0 Å². The second-order valence-corrected chi connectivity index (χ2v) is 4.44. The van der Waals surface area contributed by atoms with E-state index >= 15 is 0 Å². The van der Waals surface area contributed by atoms with Crippen LogP contribution in [0, 0.1) is 0 Å². The normalized spacial score (nSPS) is 35.8. The average Bonchev–Trinajstić information content (AvgIpc) is 1.95. The van der Waals surface area contributed by atoms with E-state index in [1.54, 1.807) is 6.08 Å². The Balaban J connectivity index is 2.95. The fourth-order valence-electron chi connectivity index (χ4n) is 1.69. The van der Waals surface area contributed by atoms with Gasteiger partial charge in [-0.05, 0) is 33.6 Å².